The van der Waals surface area contributed by atoms with Crippen LogP contribution in [0.25, 0.3) is 0 Å². The number of carbonyl (C=O) groups excluding carboxylic acids is 2. The Balaban J connectivity index is 1.71. The number of methoxy groups -OCH3 is 1. The van der Waals surface area contributed by atoms with Crippen LogP contribution in [-0.2, 0) is 20.9 Å². The van der Waals surface area contributed by atoms with Crippen molar-refractivity contribution in [2.75, 3.05) is 33.4 Å². The second kappa shape index (κ2) is 9.27. The second-order valence-corrected chi connectivity index (χ2v) is 5.92. The largest absolute Gasteiger partial charge is 0.497 e. The normalized spacial score (nSPS) is 15.8. The molecule has 1 aromatic carbocycles. The maximum Gasteiger partial charge on any atom is 0.320 e. The summed E-state index contributed by atoms with van der Waals surface area (Å²) in [6, 6.07) is 7.66. The molecule has 24 heavy (non-hydrogen) atoms. The lowest BCUT2D eigenvalue weighted by Gasteiger charge is -2.30. The minimum atomic E-state index is -0.195. The van der Waals surface area contributed by atoms with E-state index in [2.05, 4.69) is 5.32 Å². The first kappa shape index (κ1) is 18.3. The molecule has 0 radical (unpaired) electrons. The quantitative estimate of drug-likeness (QED) is 0.767. The van der Waals surface area contributed by atoms with Gasteiger partial charge in [-0.15, -0.1) is 0 Å². The van der Waals surface area contributed by atoms with Gasteiger partial charge < -0.3 is 14.8 Å². The number of likely N-dealkylation sites (tertiary alicyclic amines) is 1. The molecule has 2 rings (SSSR count). The van der Waals surface area contributed by atoms with Gasteiger partial charge in [-0.1, -0.05) is 12.1 Å². The molecule has 0 unspecified atom stereocenters. The van der Waals surface area contributed by atoms with E-state index in [0.717, 1.165) is 37.2 Å². The van der Waals surface area contributed by atoms with Gasteiger partial charge in [-0.2, -0.15) is 0 Å². The van der Waals surface area contributed by atoms with Gasteiger partial charge in [0.15, 0.2) is 0 Å². The monoisotopic (exact) mass is 334 g/mol. The number of nitrogens with one attached hydrogen (secondary N) is 1. The molecule has 0 saturated carbocycles. The van der Waals surface area contributed by atoms with E-state index < -0.39 is 0 Å². The first-order valence-corrected chi connectivity index (χ1v) is 8.41. The number of ether oxygens (including phenoxy) is 2. The summed E-state index contributed by atoms with van der Waals surface area (Å²) in [5, 5.41) is 2.99. The Labute approximate surface area is 143 Å². The topological polar surface area (TPSA) is 67.9 Å². The first-order valence-electron chi connectivity index (χ1n) is 8.41. The fourth-order valence-electron chi connectivity index (χ4n) is 2.82. The Morgan fingerprint density at radius 1 is 1.21 bits per heavy atom. The molecule has 0 aromatic heterocycles. The van der Waals surface area contributed by atoms with Crippen molar-refractivity contribution < 1.29 is 19.1 Å². The van der Waals surface area contributed by atoms with Crippen molar-refractivity contribution >= 4 is 11.9 Å². The zero-order valence-corrected chi connectivity index (χ0v) is 14.4. The average Bonchev–Trinajstić information content (AvgIpc) is 2.61. The summed E-state index contributed by atoms with van der Waals surface area (Å²) in [6.45, 7) is 4.54. The third kappa shape index (κ3) is 5.53. The van der Waals surface area contributed by atoms with E-state index in [1.165, 1.54) is 0 Å². The fourth-order valence-corrected chi connectivity index (χ4v) is 2.82. The average molecular weight is 334 g/mol. The molecule has 1 aliphatic rings. The fraction of sp³-hybridized carbons (Fsp3) is 0.556. The van der Waals surface area contributed by atoms with Crippen molar-refractivity contribution in [3.8, 4) is 5.75 Å². The summed E-state index contributed by atoms with van der Waals surface area (Å²) in [6.07, 6.45) is 1.54. The highest BCUT2D eigenvalue weighted by atomic mass is 16.5. The highest BCUT2D eigenvalue weighted by Gasteiger charge is 2.25. The van der Waals surface area contributed by atoms with Crippen LogP contribution in [0.4, 0.5) is 0 Å². The molecule has 0 atom stereocenters. The van der Waals surface area contributed by atoms with Gasteiger partial charge in [0.25, 0.3) is 0 Å². The lowest BCUT2D eigenvalue weighted by Crippen LogP contribution is -2.42. The number of benzene rings is 1. The molecular weight excluding hydrogens is 308 g/mol. The Bertz CT molecular complexity index is 536. The SMILES string of the molecule is CCOC(=O)CN1CCC(C(=O)NCc2ccc(OC)cc2)CC1. The maximum absolute atomic E-state index is 12.3. The summed E-state index contributed by atoms with van der Waals surface area (Å²) in [4.78, 5) is 25.8. The highest BCUT2D eigenvalue weighted by molar-refractivity contribution is 5.78. The molecule has 1 N–H and O–H groups in total. The molecular formula is C18H26N2O4. The molecule has 132 valence electrons. The predicted octanol–water partition coefficient (Wildman–Crippen LogP) is 1.59. The van der Waals surface area contributed by atoms with Crippen molar-refractivity contribution in [2.24, 2.45) is 5.92 Å². The maximum atomic E-state index is 12.3. The lowest BCUT2D eigenvalue weighted by molar-refractivity contribution is -0.144. The third-order valence-corrected chi connectivity index (χ3v) is 4.24. The van der Waals surface area contributed by atoms with Crippen LogP contribution in [0.15, 0.2) is 24.3 Å². The van der Waals surface area contributed by atoms with Crippen molar-refractivity contribution in [3.05, 3.63) is 29.8 Å². The molecule has 6 nitrogen and oxygen atoms in total. The lowest BCUT2D eigenvalue weighted by atomic mass is 9.96. The zero-order valence-electron chi connectivity index (χ0n) is 14.4. The highest BCUT2D eigenvalue weighted by Crippen LogP contribution is 2.18. The molecule has 1 aromatic rings. The van der Waals surface area contributed by atoms with Crippen LogP contribution in [0.5, 0.6) is 5.75 Å². The number of esters is 1. The smallest absolute Gasteiger partial charge is 0.320 e. The van der Waals surface area contributed by atoms with Crippen LogP contribution in [-0.4, -0.2) is 50.1 Å². The molecule has 1 aliphatic heterocycles. The Hall–Kier alpha value is -2.08. The molecule has 0 aliphatic carbocycles. The number of amides is 1. The van der Waals surface area contributed by atoms with Gasteiger partial charge in [0.1, 0.15) is 5.75 Å². The van der Waals surface area contributed by atoms with Gasteiger partial charge in [-0.3, -0.25) is 14.5 Å². The number of nitrogens with zero attached hydrogens (tertiary/aromatic N) is 1. The van der Waals surface area contributed by atoms with E-state index in [4.69, 9.17) is 9.47 Å². The van der Waals surface area contributed by atoms with Crippen LogP contribution in [0.2, 0.25) is 0 Å². The molecule has 1 heterocycles. The van der Waals surface area contributed by atoms with Crippen molar-refractivity contribution in [1.29, 1.82) is 0 Å². The van der Waals surface area contributed by atoms with Gasteiger partial charge >= 0.3 is 5.97 Å². The number of carbonyl (C=O) groups is 2. The van der Waals surface area contributed by atoms with E-state index in [9.17, 15) is 9.59 Å². The van der Waals surface area contributed by atoms with E-state index in [-0.39, 0.29) is 17.8 Å². The van der Waals surface area contributed by atoms with Crippen LogP contribution < -0.4 is 10.1 Å². The predicted molar refractivity (Wildman–Crippen MR) is 90.6 cm³/mol. The summed E-state index contributed by atoms with van der Waals surface area (Å²) in [5.41, 5.74) is 1.05. The molecule has 1 saturated heterocycles. The van der Waals surface area contributed by atoms with Crippen LogP contribution in [0.3, 0.4) is 0 Å². The Morgan fingerprint density at radius 2 is 1.88 bits per heavy atom. The van der Waals surface area contributed by atoms with Gasteiger partial charge in [-0.25, -0.2) is 0 Å². The van der Waals surface area contributed by atoms with Gasteiger partial charge in [0.2, 0.25) is 5.91 Å². The van der Waals surface area contributed by atoms with Gasteiger partial charge in [0.05, 0.1) is 20.3 Å². The molecule has 1 fully saturated rings. The number of rotatable bonds is 7. The standard InChI is InChI=1S/C18H26N2O4/c1-3-24-17(21)13-20-10-8-15(9-11-20)18(22)19-12-14-4-6-16(23-2)7-5-14/h4-7,15H,3,8-13H2,1-2H3,(H,19,22). The Kier molecular flexibility index (Phi) is 7.06. The number of piperidine rings is 1. The van der Waals surface area contributed by atoms with E-state index in [1.807, 2.05) is 29.2 Å². The minimum Gasteiger partial charge on any atom is -0.497 e. The number of hydrogen-bond donors (Lipinski definition) is 1. The zero-order chi connectivity index (χ0) is 17.4. The molecule has 6 heteroatoms. The minimum absolute atomic E-state index is 0.0155. The summed E-state index contributed by atoms with van der Waals surface area (Å²) in [5.74, 6) is 0.710. The number of hydrogen-bond acceptors (Lipinski definition) is 5. The van der Waals surface area contributed by atoms with Crippen LogP contribution in [0.1, 0.15) is 25.3 Å². The second-order valence-electron chi connectivity index (χ2n) is 5.92. The third-order valence-electron chi connectivity index (χ3n) is 4.24. The van der Waals surface area contributed by atoms with Crippen molar-refractivity contribution in [1.82, 2.24) is 10.2 Å². The van der Waals surface area contributed by atoms with Crippen LogP contribution in [0, 0.1) is 5.92 Å². The molecule has 1 amide bonds. The van der Waals surface area contributed by atoms with Gasteiger partial charge in [0, 0.05) is 12.5 Å². The van der Waals surface area contributed by atoms with Gasteiger partial charge in [-0.05, 0) is 50.6 Å². The van der Waals surface area contributed by atoms with Crippen molar-refractivity contribution in [2.45, 2.75) is 26.3 Å². The van der Waals surface area contributed by atoms with E-state index in [0.29, 0.717) is 19.7 Å². The van der Waals surface area contributed by atoms with E-state index >= 15 is 0 Å². The summed E-state index contributed by atoms with van der Waals surface area (Å²) < 4.78 is 10.1. The molecule has 0 bridgehead atoms. The summed E-state index contributed by atoms with van der Waals surface area (Å²) >= 11 is 0. The van der Waals surface area contributed by atoms with Crippen molar-refractivity contribution in [3.63, 3.8) is 0 Å². The first-order chi connectivity index (χ1) is 11.6. The molecule has 0 spiro atoms. The van der Waals surface area contributed by atoms with E-state index in [1.54, 1.807) is 14.0 Å². The summed E-state index contributed by atoms with van der Waals surface area (Å²) in [7, 11) is 1.63. The van der Waals surface area contributed by atoms with Crippen LogP contribution >= 0.6 is 0 Å². The Morgan fingerprint density at radius 3 is 2.46 bits per heavy atom.